The maximum absolute atomic E-state index is 11.3. The Hall–Kier alpha value is -0.870. The van der Waals surface area contributed by atoms with Crippen molar-refractivity contribution in [3.8, 4) is 0 Å². The molecule has 0 spiro atoms. The van der Waals surface area contributed by atoms with Gasteiger partial charge in [0.2, 0.25) is 0 Å². The number of hydrogen-bond donors (Lipinski definition) is 0. The third-order valence-corrected chi connectivity index (χ3v) is 1.69. The number of carbonyl (C=O) groups is 1. The lowest BCUT2D eigenvalue weighted by atomic mass is 10.3. The maximum atomic E-state index is 11.3. The van der Waals surface area contributed by atoms with E-state index < -0.39 is 0 Å². The Morgan fingerprint density at radius 2 is 1.86 bits per heavy atom. The van der Waals surface area contributed by atoms with Crippen LogP contribution in [0.1, 0.15) is 6.92 Å². The van der Waals surface area contributed by atoms with Gasteiger partial charge in [-0.15, -0.1) is 0 Å². The predicted octanol–water partition coefficient (Wildman–Crippen LogP) is 0.555. The van der Waals surface area contributed by atoms with Crippen molar-refractivity contribution in [2.24, 2.45) is 0 Å². The fourth-order valence-electron chi connectivity index (χ4n) is 0.842. The summed E-state index contributed by atoms with van der Waals surface area (Å²) in [6.45, 7) is 5.86. The first kappa shape index (κ1) is 13.1. The van der Waals surface area contributed by atoms with Gasteiger partial charge < -0.3 is 9.64 Å². The molecule has 0 aromatic rings. The lowest BCUT2D eigenvalue weighted by Gasteiger charge is -2.26. The molecule has 0 fully saturated rings. The van der Waals surface area contributed by atoms with Crippen molar-refractivity contribution < 1.29 is 9.53 Å². The van der Waals surface area contributed by atoms with Gasteiger partial charge >= 0.3 is 5.97 Å². The maximum Gasteiger partial charge on any atom is 0.334 e. The van der Waals surface area contributed by atoms with E-state index in [4.69, 9.17) is 4.74 Å². The van der Waals surface area contributed by atoms with Crippen molar-refractivity contribution in [3.05, 3.63) is 12.2 Å². The number of ether oxygens (including phenoxy) is 1. The minimum Gasteiger partial charge on any atom is -0.442 e. The minimum absolute atomic E-state index is 0.228. The van der Waals surface area contributed by atoms with Crippen LogP contribution in [-0.2, 0) is 9.53 Å². The Labute approximate surface area is 86.1 Å². The molecule has 0 amide bonds. The van der Waals surface area contributed by atoms with Gasteiger partial charge in [0.15, 0.2) is 6.23 Å². The minimum atomic E-state index is -0.342. The monoisotopic (exact) mass is 200 g/mol. The third-order valence-electron chi connectivity index (χ3n) is 1.69. The first-order valence-electron chi connectivity index (χ1n) is 4.52. The highest BCUT2D eigenvalue weighted by Crippen LogP contribution is 2.02. The SMILES string of the molecule is C=C(C)C(=O)OC(CN(C)C)N(C)C. The summed E-state index contributed by atoms with van der Waals surface area (Å²) in [7, 11) is 7.62. The Morgan fingerprint density at radius 3 is 2.14 bits per heavy atom. The third kappa shape index (κ3) is 4.99. The number of hydrogen-bond acceptors (Lipinski definition) is 4. The van der Waals surface area contributed by atoms with Gasteiger partial charge in [0.1, 0.15) is 0 Å². The summed E-state index contributed by atoms with van der Waals surface area (Å²) in [6.07, 6.45) is -0.228. The molecular formula is C10H20N2O2. The second kappa shape index (κ2) is 5.78. The molecule has 0 bridgehead atoms. The molecule has 0 aliphatic rings. The quantitative estimate of drug-likeness (QED) is 0.369. The number of rotatable bonds is 5. The fraction of sp³-hybridized carbons (Fsp3) is 0.700. The van der Waals surface area contributed by atoms with Gasteiger partial charge in [0.05, 0.1) is 0 Å². The van der Waals surface area contributed by atoms with Gasteiger partial charge in [-0.2, -0.15) is 0 Å². The van der Waals surface area contributed by atoms with E-state index in [0.717, 1.165) is 0 Å². The molecule has 4 nitrogen and oxygen atoms in total. The van der Waals surface area contributed by atoms with Crippen LogP contribution >= 0.6 is 0 Å². The zero-order chi connectivity index (χ0) is 11.3. The molecule has 1 unspecified atom stereocenters. The van der Waals surface area contributed by atoms with Crippen LogP contribution in [0.15, 0.2) is 12.2 Å². The van der Waals surface area contributed by atoms with Crippen LogP contribution in [0.3, 0.4) is 0 Å². The summed E-state index contributed by atoms with van der Waals surface area (Å²) in [5, 5.41) is 0. The molecule has 0 rings (SSSR count). The summed E-state index contributed by atoms with van der Waals surface area (Å²) in [5.74, 6) is -0.342. The van der Waals surface area contributed by atoms with Gasteiger partial charge in [-0.3, -0.25) is 4.90 Å². The molecule has 0 N–H and O–H groups in total. The Balaban J connectivity index is 4.23. The van der Waals surface area contributed by atoms with E-state index >= 15 is 0 Å². The van der Waals surface area contributed by atoms with Crippen molar-refractivity contribution in [2.75, 3.05) is 34.7 Å². The standard InChI is InChI=1S/C10H20N2O2/c1-8(2)10(13)14-9(12(5)6)7-11(3)4/h9H,1,7H2,2-6H3. The van der Waals surface area contributed by atoms with Gasteiger partial charge in [-0.05, 0) is 35.1 Å². The van der Waals surface area contributed by atoms with E-state index in [1.54, 1.807) is 6.92 Å². The molecule has 14 heavy (non-hydrogen) atoms. The number of carbonyl (C=O) groups excluding carboxylic acids is 1. The molecule has 0 aliphatic carbocycles. The van der Waals surface area contributed by atoms with Crippen LogP contribution in [0.25, 0.3) is 0 Å². The van der Waals surface area contributed by atoms with Crippen LogP contribution < -0.4 is 0 Å². The molecule has 0 saturated heterocycles. The molecular weight excluding hydrogens is 180 g/mol. The summed E-state index contributed by atoms with van der Waals surface area (Å²) in [6, 6.07) is 0. The molecule has 0 heterocycles. The van der Waals surface area contributed by atoms with E-state index in [0.29, 0.717) is 12.1 Å². The number of nitrogens with zero attached hydrogens (tertiary/aromatic N) is 2. The number of likely N-dealkylation sites (N-methyl/N-ethyl adjacent to an activating group) is 2. The highest BCUT2D eigenvalue weighted by atomic mass is 16.6. The average Bonchev–Trinajstić information content (AvgIpc) is 2.01. The molecule has 0 aromatic heterocycles. The van der Waals surface area contributed by atoms with Crippen LogP contribution in [0.5, 0.6) is 0 Å². The van der Waals surface area contributed by atoms with Crippen LogP contribution in [-0.4, -0.2) is 56.7 Å². The molecule has 0 aliphatic heterocycles. The Kier molecular flexibility index (Phi) is 5.42. The topological polar surface area (TPSA) is 32.8 Å². The van der Waals surface area contributed by atoms with Gasteiger partial charge in [-0.1, -0.05) is 6.58 Å². The highest BCUT2D eigenvalue weighted by Gasteiger charge is 2.17. The zero-order valence-electron chi connectivity index (χ0n) is 9.70. The van der Waals surface area contributed by atoms with Crippen molar-refractivity contribution in [2.45, 2.75) is 13.2 Å². The molecule has 4 heteroatoms. The molecule has 0 aromatic carbocycles. The van der Waals surface area contributed by atoms with Crippen molar-refractivity contribution in [3.63, 3.8) is 0 Å². The molecule has 0 radical (unpaired) electrons. The fourth-order valence-corrected chi connectivity index (χ4v) is 0.842. The summed E-state index contributed by atoms with van der Waals surface area (Å²) >= 11 is 0. The van der Waals surface area contributed by atoms with E-state index in [1.165, 1.54) is 0 Å². The smallest absolute Gasteiger partial charge is 0.334 e. The summed E-state index contributed by atoms with van der Waals surface area (Å²) in [5.41, 5.74) is 0.426. The van der Waals surface area contributed by atoms with Gasteiger partial charge in [-0.25, -0.2) is 4.79 Å². The van der Waals surface area contributed by atoms with Gasteiger partial charge in [0.25, 0.3) is 0 Å². The van der Waals surface area contributed by atoms with Crippen LogP contribution in [0.4, 0.5) is 0 Å². The largest absolute Gasteiger partial charge is 0.442 e. The molecule has 1 atom stereocenters. The van der Waals surface area contributed by atoms with Crippen LogP contribution in [0, 0.1) is 0 Å². The lowest BCUT2D eigenvalue weighted by Crippen LogP contribution is -2.41. The predicted molar refractivity (Wildman–Crippen MR) is 56.9 cm³/mol. The number of esters is 1. The summed E-state index contributed by atoms with van der Waals surface area (Å²) in [4.78, 5) is 15.1. The van der Waals surface area contributed by atoms with E-state index in [2.05, 4.69) is 6.58 Å². The van der Waals surface area contributed by atoms with Crippen LogP contribution in [0.2, 0.25) is 0 Å². The average molecular weight is 200 g/mol. The molecule has 82 valence electrons. The Bertz CT molecular complexity index is 212. The first-order chi connectivity index (χ1) is 6.34. The van der Waals surface area contributed by atoms with Crippen molar-refractivity contribution in [1.82, 2.24) is 9.80 Å². The highest BCUT2D eigenvalue weighted by molar-refractivity contribution is 5.87. The summed E-state index contributed by atoms with van der Waals surface area (Å²) < 4.78 is 5.23. The lowest BCUT2D eigenvalue weighted by molar-refractivity contribution is -0.153. The van der Waals surface area contributed by atoms with Crippen molar-refractivity contribution in [1.29, 1.82) is 0 Å². The normalized spacial score (nSPS) is 13.1. The van der Waals surface area contributed by atoms with E-state index in [-0.39, 0.29) is 12.2 Å². The Morgan fingerprint density at radius 1 is 1.36 bits per heavy atom. The second-order valence-corrected chi connectivity index (χ2v) is 3.87. The van der Waals surface area contributed by atoms with E-state index in [9.17, 15) is 4.79 Å². The first-order valence-corrected chi connectivity index (χ1v) is 4.52. The molecule has 0 saturated carbocycles. The van der Waals surface area contributed by atoms with Crippen molar-refractivity contribution >= 4 is 5.97 Å². The zero-order valence-corrected chi connectivity index (χ0v) is 9.70. The van der Waals surface area contributed by atoms with E-state index in [1.807, 2.05) is 38.0 Å². The second-order valence-electron chi connectivity index (χ2n) is 3.87. The van der Waals surface area contributed by atoms with Gasteiger partial charge in [0, 0.05) is 12.1 Å².